The van der Waals surface area contributed by atoms with Gasteiger partial charge in [-0.25, -0.2) is 0 Å². The zero-order chi connectivity index (χ0) is 9.56. The molecule has 1 atom stereocenters. The van der Waals surface area contributed by atoms with E-state index in [9.17, 15) is 4.79 Å². The Balaban J connectivity index is 3.71. The van der Waals surface area contributed by atoms with Gasteiger partial charge in [0.05, 0.1) is 6.61 Å². The van der Waals surface area contributed by atoms with Crippen LogP contribution in [0.2, 0.25) is 0 Å². The van der Waals surface area contributed by atoms with Crippen molar-refractivity contribution >= 4 is 5.78 Å². The second kappa shape index (κ2) is 6.18. The molecule has 0 amide bonds. The molecule has 0 aliphatic rings. The van der Waals surface area contributed by atoms with Gasteiger partial charge >= 0.3 is 0 Å². The van der Waals surface area contributed by atoms with E-state index >= 15 is 0 Å². The quantitative estimate of drug-likeness (QED) is 0.614. The van der Waals surface area contributed by atoms with E-state index in [1.165, 1.54) is 0 Å². The maximum Gasteiger partial charge on any atom is 0.135 e. The molecule has 12 heavy (non-hydrogen) atoms. The lowest BCUT2D eigenvalue weighted by Gasteiger charge is -2.13. The first-order chi connectivity index (χ1) is 5.57. The third-order valence-electron chi connectivity index (χ3n) is 2.04. The van der Waals surface area contributed by atoms with E-state index in [0.29, 0.717) is 12.5 Å². The van der Waals surface area contributed by atoms with E-state index in [-0.39, 0.29) is 11.7 Å². The molecular formula is C10H20O2. The summed E-state index contributed by atoms with van der Waals surface area (Å²) in [5, 5.41) is 0. The molecule has 0 N–H and O–H groups in total. The lowest BCUT2D eigenvalue weighted by Crippen LogP contribution is -2.17. The molecule has 0 radical (unpaired) electrons. The van der Waals surface area contributed by atoms with Gasteiger partial charge in [-0.3, -0.25) is 4.79 Å². The molecule has 0 aromatic heterocycles. The Morgan fingerprint density at radius 3 is 2.25 bits per heavy atom. The first-order valence-corrected chi connectivity index (χ1v) is 4.57. The van der Waals surface area contributed by atoms with Crippen LogP contribution in [0.15, 0.2) is 0 Å². The zero-order valence-corrected chi connectivity index (χ0v) is 8.59. The fourth-order valence-corrected chi connectivity index (χ4v) is 1.14. The second-order valence-electron chi connectivity index (χ2n) is 3.73. The van der Waals surface area contributed by atoms with Crippen molar-refractivity contribution in [2.45, 2.75) is 33.6 Å². The number of ether oxygens (including phenoxy) is 1. The first kappa shape index (κ1) is 11.6. The fourth-order valence-electron chi connectivity index (χ4n) is 1.14. The molecule has 2 nitrogen and oxygen atoms in total. The smallest absolute Gasteiger partial charge is 0.135 e. The van der Waals surface area contributed by atoms with Crippen molar-refractivity contribution in [1.29, 1.82) is 0 Å². The molecule has 0 bridgehead atoms. The third kappa shape index (κ3) is 5.30. The molecule has 0 rings (SSSR count). The summed E-state index contributed by atoms with van der Waals surface area (Å²) in [6.45, 7) is 6.56. The summed E-state index contributed by atoms with van der Waals surface area (Å²) in [6.07, 6.45) is 2.06. The monoisotopic (exact) mass is 172 g/mol. The van der Waals surface area contributed by atoms with Crippen LogP contribution in [0.25, 0.3) is 0 Å². The minimum atomic E-state index is 0.109. The number of carbonyl (C=O) groups is 1. The molecule has 0 fully saturated rings. The van der Waals surface area contributed by atoms with Gasteiger partial charge in [-0.15, -0.1) is 0 Å². The van der Waals surface area contributed by atoms with Gasteiger partial charge in [0.25, 0.3) is 0 Å². The molecular weight excluding hydrogens is 152 g/mol. The van der Waals surface area contributed by atoms with Gasteiger partial charge in [-0.1, -0.05) is 20.3 Å². The number of Topliss-reactive ketones (excluding diaryl/α,β-unsaturated/α-hetero) is 1. The predicted octanol–water partition coefficient (Wildman–Crippen LogP) is 2.27. The molecule has 0 aliphatic carbocycles. The highest BCUT2D eigenvalue weighted by Gasteiger charge is 2.13. The summed E-state index contributed by atoms with van der Waals surface area (Å²) in [5.74, 6) is 1.03. The number of methoxy groups -OCH3 is 1. The molecule has 0 aromatic carbocycles. The largest absolute Gasteiger partial charge is 0.384 e. The maximum atomic E-state index is 11.1. The Labute approximate surface area is 75.3 Å². The van der Waals surface area contributed by atoms with E-state index in [2.05, 4.69) is 13.8 Å². The molecule has 0 heterocycles. The van der Waals surface area contributed by atoms with Crippen molar-refractivity contribution < 1.29 is 9.53 Å². The van der Waals surface area contributed by atoms with Crippen molar-refractivity contribution in [2.24, 2.45) is 11.8 Å². The van der Waals surface area contributed by atoms with Crippen LogP contribution in [-0.2, 0) is 9.53 Å². The maximum absolute atomic E-state index is 11.1. The molecule has 2 heteroatoms. The molecule has 72 valence electrons. The highest BCUT2D eigenvalue weighted by Crippen LogP contribution is 2.13. The summed E-state index contributed by atoms with van der Waals surface area (Å²) in [5.41, 5.74) is 0. The summed E-state index contributed by atoms with van der Waals surface area (Å²) in [4.78, 5) is 11.1. The summed E-state index contributed by atoms with van der Waals surface area (Å²) >= 11 is 0. The van der Waals surface area contributed by atoms with Crippen molar-refractivity contribution in [3.05, 3.63) is 0 Å². The highest BCUT2D eigenvalue weighted by atomic mass is 16.5. The van der Waals surface area contributed by atoms with Gasteiger partial charge in [0.1, 0.15) is 5.78 Å². The van der Waals surface area contributed by atoms with Gasteiger partial charge in [0.2, 0.25) is 0 Å². The molecule has 0 aliphatic heterocycles. The van der Waals surface area contributed by atoms with E-state index in [0.717, 1.165) is 12.8 Å². The van der Waals surface area contributed by atoms with Crippen molar-refractivity contribution in [3.63, 3.8) is 0 Å². The van der Waals surface area contributed by atoms with Gasteiger partial charge in [0, 0.05) is 13.0 Å². The standard InChI is InChI=1S/C10H20O2/c1-8(2)5-6-10(7-12-4)9(3)11/h8,10H,5-7H2,1-4H3. The number of hydrogen-bond donors (Lipinski definition) is 0. The van der Waals surface area contributed by atoms with Crippen LogP contribution in [-0.4, -0.2) is 19.5 Å². The Morgan fingerprint density at radius 2 is 1.92 bits per heavy atom. The zero-order valence-electron chi connectivity index (χ0n) is 8.59. The molecule has 0 aromatic rings. The average molecular weight is 172 g/mol. The van der Waals surface area contributed by atoms with Gasteiger partial charge in [0.15, 0.2) is 0 Å². The predicted molar refractivity (Wildman–Crippen MR) is 50.1 cm³/mol. The highest BCUT2D eigenvalue weighted by molar-refractivity contribution is 5.78. The molecule has 0 spiro atoms. The van der Waals surface area contributed by atoms with Crippen molar-refractivity contribution in [3.8, 4) is 0 Å². The molecule has 1 unspecified atom stereocenters. The molecule has 0 saturated heterocycles. The van der Waals surface area contributed by atoms with Crippen molar-refractivity contribution in [1.82, 2.24) is 0 Å². The van der Waals surface area contributed by atoms with E-state index < -0.39 is 0 Å². The Hall–Kier alpha value is -0.370. The third-order valence-corrected chi connectivity index (χ3v) is 2.04. The van der Waals surface area contributed by atoms with Crippen LogP contribution in [0.5, 0.6) is 0 Å². The Kier molecular flexibility index (Phi) is 5.99. The Bertz CT molecular complexity index is 130. The van der Waals surface area contributed by atoms with Gasteiger partial charge in [-0.05, 0) is 19.3 Å². The van der Waals surface area contributed by atoms with Gasteiger partial charge < -0.3 is 4.74 Å². The lowest BCUT2D eigenvalue weighted by atomic mass is 9.96. The number of rotatable bonds is 6. The summed E-state index contributed by atoms with van der Waals surface area (Å²) in [7, 11) is 1.64. The average Bonchev–Trinajstić information content (AvgIpc) is 1.96. The topological polar surface area (TPSA) is 26.3 Å². The Morgan fingerprint density at radius 1 is 1.33 bits per heavy atom. The number of carbonyl (C=O) groups excluding carboxylic acids is 1. The van der Waals surface area contributed by atoms with Crippen LogP contribution < -0.4 is 0 Å². The minimum absolute atomic E-state index is 0.109. The SMILES string of the molecule is COCC(CCC(C)C)C(C)=O. The van der Waals surface area contributed by atoms with E-state index in [4.69, 9.17) is 4.74 Å². The van der Waals surface area contributed by atoms with Crippen LogP contribution in [0.1, 0.15) is 33.6 Å². The normalized spacial score (nSPS) is 13.4. The van der Waals surface area contributed by atoms with Gasteiger partial charge in [-0.2, -0.15) is 0 Å². The lowest BCUT2D eigenvalue weighted by molar-refractivity contribution is -0.122. The second-order valence-corrected chi connectivity index (χ2v) is 3.73. The van der Waals surface area contributed by atoms with Crippen LogP contribution in [0.4, 0.5) is 0 Å². The minimum Gasteiger partial charge on any atom is -0.384 e. The number of hydrogen-bond acceptors (Lipinski definition) is 2. The number of ketones is 1. The van der Waals surface area contributed by atoms with E-state index in [1.54, 1.807) is 14.0 Å². The van der Waals surface area contributed by atoms with Crippen LogP contribution in [0, 0.1) is 11.8 Å². The van der Waals surface area contributed by atoms with Crippen LogP contribution >= 0.6 is 0 Å². The fraction of sp³-hybridized carbons (Fsp3) is 0.900. The van der Waals surface area contributed by atoms with Crippen LogP contribution in [0.3, 0.4) is 0 Å². The molecule has 0 saturated carbocycles. The summed E-state index contributed by atoms with van der Waals surface area (Å²) in [6, 6.07) is 0. The summed E-state index contributed by atoms with van der Waals surface area (Å²) < 4.78 is 4.98. The van der Waals surface area contributed by atoms with Crippen molar-refractivity contribution in [2.75, 3.05) is 13.7 Å². The van der Waals surface area contributed by atoms with E-state index in [1.807, 2.05) is 0 Å². The first-order valence-electron chi connectivity index (χ1n) is 4.57.